The minimum atomic E-state index is -3.43. The summed E-state index contributed by atoms with van der Waals surface area (Å²) in [6.07, 6.45) is 0. The van der Waals surface area contributed by atoms with Crippen molar-refractivity contribution in [1.29, 1.82) is 0 Å². The number of hydrogen-bond donors (Lipinski definition) is 1. The van der Waals surface area contributed by atoms with E-state index in [9.17, 15) is 14.5 Å². The fourth-order valence-electron chi connectivity index (χ4n) is 2.21. The molecule has 2 rings (SSSR count). The third-order valence-electron chi connectivity index (χ3n) is 3.15. The van der Waals surface area contributed by atoms with Crippen LogP contribution in [0.4, 0.5) is 0 Å². The first-order chi connectivity index (χ1) is 10.1. The molecule has 0 radical (unpaired) electrons. The van der Waals surface area contributed by atoms with Gasteiger partial charge >= 0.3 is 5.97 Å². The van der Waals surface area contributed by atoms with E-state index in [1.165, 1.54) is 0 Å². The van der Waals surface area contributed by atoms with Crippen LogP contribution in [0.2, 0.25) is 0 Å². The van der Waals surface area contributed by atoms with E-state index in [2.05, 4.69) is 0 Å². The number of hydrogen-bond acceptors (Lipinski definition) is 3. The lowest BCUT2D eigenvalue weighted by Crippen LogP contribution is -2.33. The fourth-order valence-corrected chi connectivity index (χ4v) is 4.95. The largest absolute Gasteiger partial charge is 0.479 e. The normalized spacial score (nSPS) is 12.8. The molecule has 0 bridgehead atoms. The van der Waals surface area contributed by atoms with Crippen molar-refractivity contribution < 1.29 is 19.2 Å². The molecule has 0 spiro atoms. The molecule has 110 valence electrons. The monoisotopic (exact) mass is 304 g/mol. The molecule has 4 nitrogen and oxygen atoms in total. The maximum absolute atomic E-state index is 13.6. The summed E-state index contributed by atoms with van der Waals surface area (Å²) in [5.41, 5.74) is 0. The van der Waals surface area contributed by atoms with Crippen LogP contribution in [-0.4, -0.2) is 23.5 Å². The molecule has 0 aromatic heterocycles. The second-order valence-corrected chi connectivity index (χ2v) is 7.29. The predicted octanol–water partition coefficient (Wildman–Crippen LogP) is 2.45. The number of rotatable bonds is 6. The predicted molar refractivity (Wildman–Crippen MR) is 82.8 cm³/mol. The van der Waals surface area contributed by atoms with Gasteiger partial charge in [-0.3, -0.25) is 0 Å². The number of carboxylic acids is 1. The summed E-state index contributed by atoms with van der Waals surface area (Å²) in [5.74, 6) is -2.60. The standard InChI is InChI=1S/C16H17O4P/c1-2-20-16(15(17)18)21(19,13-9-5-3-6-10-13)14-11-7-4-8-12-14/h3-12,16H,2H2,1H3,(H,17,18). The molecule has 1 N–H and O–H groups in total. The van der Waals surface area contributed by atoms with Crippen LogP contribution in [0, 0.1) is 0 Å². The Morgan fingerprint density at radius 2 is 1.48 bits per heavy atom. The Kier molecular flexibility index (Phi) is 4.94. The quantitative estimate of drug-likeness (QED) is 0.833. The molecule has 5 heteroatoms. The minimum Gasteiger partial charge on any atom is -0.479 e. The van der Waals surface area contributed by atoms with E-state index in [0.717, 1.165) is 0 Å². The molecular formula is C16H17O4P. The molecule has 0 fully saturated rings. The van der Waals surface area contributed by atoms with Gasteiger partial charge in [-0.1, -0.05) is 60.7 Å². The average Bonchev–Trinajstić information content (AvgIpc) is 2.53. The number of ether oxygens (including phenoxy) is 1. The second-order valence-electron chi connectivity index (χ2n) is 4.48. The highest BCUT2D eigenvalue weighted by Crippen LogP contribution is 2.49. The molecule has 0 saturated heterocycles. The molecule has 1 atom stereocenters. The molecule has 0 aliphatic carbocycles. The first-order valence-electron chi connectivity index (χ1n) is 6.66. The third kappa shape index (κ3) is 3.07. The van der Waals surface area contributed by atoms with E-state index >= 15 is 0 Å². The number of carbonyl (C=O) groups is 1. The Labute approximate surface area is 123 Å². The summed E-state index contributed by atoms with van der Waals surface area (Å²) in [6, 6.07) is 17.3. The molecule has 2 aromatic carbocycles. The minimum absolute atomic E-state index is 0.181. The van der Waals surface area contributed by atoms with Crippen LogP contribution >= 0.6 is 7.14 Å². The molecule has 1 unspecified atom stereocenters. The van der Waals surface area contributed by atoms with E-state index in [1.807, 2.05) is 0 Å². The van der Waals surface area contributed by atoms with Crippen molar-refractivity contribution in [2.45, 2.75) is 12.8 Å². The van der Waals surface area contributed by atoms with Crippen molar-refractivity contribution in [3.63, 3.8) is 0 Å². The van der Waals surface area contributed by atoms with Crippen molar-refractivity contribution in [2.75, 3.05) is 6.61 Å². The molecule has 0 aliphatic rings. The molecule has 0 aliphatic heterocycles. The lowest BCUT2D eigenvalue weighted by atomic mass is 10.4. The molecule has 0 amide bonds. The zero-order valence-corrected chi connectivity index (χ0v) is 12.6. The summed E-state index contributed by atoms with van der Waals surface area (Å²) in [5, 5.41) is 10.4. The van der Waals surface area contributed by atoms with Gasteiger partial charge in [0.15, 0.2) is 7.14 Å². The first-order valence-corrected chi connectivity index (χ1v) is 8.43. The summed E-state index contributed by atoms with van der Waals surface area (Å²) in [6.45, 7) is 1.87. The van der Waals surface area contributed by atoms with Crippen LogP contribution in [0.1, 0.15) is 6.92 Å². The first kappa shape index (κ1) is 15.5. The maximum atomic E-state index is 13.6. The Balaban J connectivity index is 2.65. The summed E-state index contributed by atoms with van der Waals surface area (Å²) >= 11 is 0. The van der Waals surface area contributed by atoms with E-state index in [1.54, 1.807) is 67.6 Å². The van der Waals surface area contributed by atoms with E-state index in [-0.39, 0.29) is 6.61 Å². The molecule has 0 heterocycles. The van der Waals surface area contributed by atoms with Gasteiger partial charge in [0.2, 0.25) is 5.85 Å². The lowest BCUT2D eigenvalue weighted by molar-refractivity contribution is -0.144. The van der Waals surface area contributed by atoms with Crippen molar-refractivity contribution in [2.24, 2.45) is 0 Å². The third-order valence-corrected chi connectivity index (χ3v) is 6.31. The number of aliphatic carboxylic acids is 1. The number of carboxylic acid groups (broad SMARTS) is 1. The van der Waals surface area contributed by atoms with Gasteiger partial charge in [0.1, 0.15) is 0 Å². The van der Waals surface area contributed by atoms with Crippen LogP contribution in [0.5, 0.6) is 0 Å². The van der Waals surface area contributed by atoms with Crippen LogP contribution in [-0.2, 0) is 14.1 Å². The van der Waals surface area contributed by atoms with Crippen LogP contribution < -0.4 is 10.6 Å². The van der Waals surface area contributed by atoms with E-state index < -0.39 is 19.0 Å². The van der Waals surface area contributed by atoms with Crippen LogP contribution in [0.25, 0.3) is 0 Å². The number of benzene rings is 2. The smallest absolute Gasteiger partial charge is 0.341 e. The van der Waals surface area contributed by atoms with Crippen molar-refractivity contribution in [3.8, 4) is 0 Å². The Hall–Kier alpha value is -1.90. The summed E-state index contributed by atoms with van der Waals surface area (Å²) in [4.78, 5) is 11.6. The zero-order chi connectivity index (χ0) is 15.3. The Bertz CT molecular complexity index is 596. The van der Waals surface area contributed by atoms with E-state index in [0.29, 0.717) is 10.6 Å². The highest BCUT2D eigenvalue weighted by molar-refractivity contribution is 7.79. The van der Waals surface area contributed by atoms with Gasteiger partial charge in [-0.05, 0) is 6.92 Å². The van der Waals surface area contributed by atoms with E-state index in [4.69, 9.17) is 4.74 Å². The van der Waals surface area contributed by atoms with Crippen molar-refractivity contribution >= 4 is 23.7 Å². The molecule has 2 aromatic rings. The fraction of sp³-hybridized carbons (Fsp3) is 0.188. The molecule has 0 saturated carbocycles. The highest BCUT2D eigenvalue weighted by atomic mass is 31.2. The summed E-state index contributed by atoms with van der Waals surface area (Å²) < 4.78 is 19.0. The summed E-state index contributed by atoms with van der Waals surface area (Å²) in [7, 11) is -3.43. The molecular weight excluding hydrogens is 287 g/mol. The highest BCUT2D eigenvalue weighted by Gasteiger charge is 2.42. The van der Waals surface area contributed by atoms with Crippen molar-refractivity contribution in [1.82, 2.24) is 0 Å². The Morgan fingerprint density at radius 1 is 1.05 bits per heavy atom. The Morgan fingerprint density at radius 3 is 1.81 bits per heavy atom. The van der Waals surface area contributed by atoms with Gasteiger partial charge < -0.3 is 14.4 Å². The van der Waals surface area contributed by atoms with Gasteiger partial charge in [0, 0.05) is 17.2 Å². The topological polar surface area (TPSA) is 63.6 Å². The lowest BCUT2D eigenvalue weighted by Gasteiger charge is -2.25. The second kappa shape index (κ2) is 6.70. The van der Waals surface area contributed by atoms with Crippen LogP contribution in [0.15, 0.2) is 60.7 Å². The average molecular weight is 304 g/mol. The van der Waals surface area contributed by atoms with Gasteiger partial charge in [-0.15, -0.1) is 0 Å². The van der Waals surface area contributed by atoms with Gasteiger partial charge in [0.05, 0.1) is 0 Å². The zero-order valence-electron chi connectivity index (χ0n) is 11.7. The maximum Gasteiger partial charge on any atom is 0.341 e. The van der Waals surface area contributed by atoms with Crippen molar-refractivity contribution in [3.05, 3.63) is 60.7 Å². The van der Waals surface area contributed by atoms with Crippen LogP contribution in [0.3, 0.4) is 0 Å². The van der Waals surface area contributed by atoms with Gasteiger partial charge in [0.25, 0.3) is 0 Å². The van der Waals surface area contributed by atoms with Gasteiger partial charge in [-0.25, -0.2) is 4.79 Å². The molecule has 21 heavy (non-hydrogen) atoms. The SMILES string of the molecule is CCOC(C(=O)O)P(=O)(c1ccccc1)c1ccccc1. The van der Waals surface area contributed by atoms with Gasteiger partial charge in [-0.2, -0.15) is 0 Å².